The van der Waals surface area contributed by atoms with Crippen molar-refractivity contribution >= 4 is 40.8 Å². The van der Waals surface area contributed by atoms with Crippen LogP contribution in [0, 0.1) is 0 Å². The summed E-state index contributed by atoms with van der Waals surface area (Å²) in [5.41, 5.74) is -2.62. The Bertz CT molecular complexity index is 2450. The fourth-order valence-electron chi connectivity index (χ4n) is 7.73. The second-order valence-corrected chi connectivity index (χ2v) is 14.9. The Morgan fingerprint density at radius 1 is 0.919 bits per heavy atom. The summed E-state index contributed by atoms with van der Waals surface area (Å²) < 4.78 is 27.9. The van der Waals surface area contributed by atoms with Crippen LogP contribution in [0.5, 0.6) is 23.0 Å². The number of hydrogen-bond acceptors (Lipinski definition) is 17. The van der Waals surface area contributed by atoms with Crippen LogP contribution in [-0.2, 0) is 36.8 Å². The van der Waals surface area contributed by atoms with Crippen molar-refractivity contribution < 1.29 is 78.3 Å². The van der Waals surface area contributed by atoms with E-state index in [4.69, 9.17) is 28.8 Å². The molecule has 2 aliphatic carbocycles. The number of aliphatic hydroxyl groups is 3. The zero-order valence-corrected chi connectivity index (χ0v) is 33.1. The Balaban J connectivity index is 1.05. The summed E-state index contributed by atoms with van der Waals surface area (Å²) in [7, 11) is 1.30. The number of alkyl carbamates (subject to hydrolysis) is 1. The molecule has 4 aromatic rings. The SMILES string of the molecule is COc1cccc2c1C(=O)c1c(O)c3c(c(O)c1C2=O)C[C@@](O)(C(=O)CO)C[C@@H]3OC1CC(NC(=O)OCc2ccc(N=Nc3ccc(OCC(=O)O)cc3)cc2)C(O)C(C)O1. The average molecular weight is 856 g/mol. The van der Waals surface area contributed by atoms with E-state index in [2.05, 4.69) is 15.5 Å². The highest BCUT2D eigenvalue weighted by atomic mass is 16.7. The first-order chi connectivity index (χ1) is 29.6. The predicted molar refractivity (Wildman–Crippen MR) is 211 cm³/mol. The fourth-order valence-corrected chi connectivity index (χ4v) is 7.73. The number of Topliss-reactive ketones (excluding diaryl/α,β-unsaturated/α-hetero) is 1. The van der Waals surface area contributed by atoms with Crippen molar-refractivity contribution in [1.29, 1.82) is 0 Å². The lowest BCUT2D eigenvalue weighted by atomic mass is 9.72. The standard InChI is InChI=1S/C43H41N3O16/c1-20-37(51)27(44-42(56)60-18-21-6-8-22(9-7-21)45-46-23-10-12-24(13-11-23)59-19-31(49)50)14-32(61-20)62-29-16-43(57,30(48)17-47)15-26-34(29)41(55)36-35(39(26)53)38(52)25-4-3-5-28(58-2)33(25)40(36)54/h3-13,20,27,29,32,37,47,51,53,55,57H,14-19H2,1-2H3,(H,44,56)(H,49,50)/t20?,27?,29-,32?,37?,43-/m0/s1. The van der Waals surface area contributed by atoms with Crippen molar-refractivity contribution in [3.8, 4) is 23.0 Å². The van der Waals surface area contributed by atoms with E-state index in [1.54, 1.807) is 48.5 Å². The highest BCUT2D eigenvalue weighted by Gasteiger charge is 2.50. The van der Waals surface area contributed by atoms with Gasteiger partial charge in [0, 0.05) is 36.0 Å². The van der Waals surface area contributed by atoms with Crippen LogP contribution in [0.25, 0.3) is 0 Å². The van der Waals surface area contributed by atoms with Crippen LogP contribution in [0.3, 0.4) is 0 Å². The third kappa shape index (κ3) is 8.56. The molecule has 1 amide bonds. The van der Waals surface area contributed by atoms with Crippen molar-refractivity contribution in [2.24, 2.45) is 10.2 Å². The number of nitrogens with one attached hydrogen (secondary N) is 1. The summed E-state index contributed by atoms with van der Waals surface area (Å²) in [5.74, 6) is -4.93. The third-order valence-electron chi connectivity index (χ3n) is 10.9. The van der Waals surface area contributed by atoms with Gasteiger partial charge in [-0.05, 0) is 55.0 Å². The van der Waals surface area contributed by atoms with E-state index in [0.29, 0.717) is 22.7 Å². The lowest BCUT2D eigenvalue weighted by Crippen LogP contribution is -2.56. The van der Waals surface area contributed by atoms with Gasteiger partial charge in [-0.3, -0.25) is 14.4 Å². The second-order valence-electron chi connectivity index (χ2n) is 14.9. The molecule has 62 heavy (non-hydrogen) atoms. The molecule has 19 heteroatoms. The van der Waals surface area contributed by atoms with Gasteiger partial charge < -0.3 is 59.6 Å². The molecule has 1 heterocycles. The summed E-state index contributed by atoms with van der Waals surface area (Å²) in [6.45, 7) is -0.242. The lowest BCUT2D eigenvalue weighted by Gasteiger charge is -2.42. The van der Waals surface area contributed by atoms with Crippen molar-refractivity contribution in [2.45, 2.75) is 69.0 Å². The van der Waals surface area contributed by atoms with Gasteiger partial charge >= 0.3 is 12.1 Å². The maximum absolute atomic E-state index is 14.0. The van der Waals surface area contributed by atoms with Crippen LogP contribution in [-0.4, -0.2) is 111 Å². The van der Waals surface area contributed by atoms with Crippen LogP contribution in [0.15, 0.2) is 77.0 Å². The molecule has 0 aromatic heterocycles. The summed E-state index contributed by atoms with van der Waals surface area (Å²) in [6.07, 6.45) is -7.43. The second kappa shape index (κ2) is 17.7. The highest BCUT2D eigenvalue weighted by molar-refractivity contribution is 6.31. The number of carbonyl (C=O) groups is 5. The van der Waals surface area contributed by atoms with Gasteiger partial charge in [0.1, 0.15) is 47.9 Å². The molecule has 1 fully saturated rings. The number of ketones is 3. The van der Waals surface area contributed by atoms with Gasteiger partial charge in [-0.15, -0.1) is 0 Å². The number of aliphatic carboxylic acids is 1. The Kier molecular flexibility index (Phi) is 12.4. The molecule has 1 saturated heterocycles. The molecule has 4 aromatic carbocycles. The van der Waals surface area contributed by atoms with Crippen LogP contribution in [0.4, 0.5) is 16.2 Å². The van der Waals surface area contributed by atoms with Gasteiger partial charge in [-0.1, -0.05) is 24.3 Å². The molecule has 6 atom stereocenters. The molecule has 0 bridgehead atoms. The third-order valence-corrected chi connectivity index (χ3v) is 10.9. The van der Waals surface area contributed by atoms with E-state index < -0.39 is 114 Å². The first-order valence-electron chi connectivity index (χ1n) is 19.2. The van der Waals surface area contributed by atoms with E-state index in [1.165, 1.54) is 32.2 Å². The highest BCUT2D eigenvalue weighted by Crippen LogP contribution is 2.52. The molecule has 1 aliphatic heterocycles. The summed E-state index contributed by atoms with van der Waals surface area (Å²) in [4.78, 5) is 64.4. The van der Waals surface area contributed by atoms with Gasteiger partial charge in [0.25, 0.3) is 0 Å². The molecule has 0 spiro atoms. The normalized spacial score (nSPS) is 22.9. The zero-order chi connectivity index (χ0) is 44.5. The summed E-state index contributed by atoms with van der Waals surface area (Å²) in [5, 5.41) is 75.3. The van der Waals surface area contributed by atoms with Gasteiger partial charge in [0.2, 0.25) is 5.78 Å². The van der Waals surface area contributed by atoms with Gasteiger partial charge in [0.05, 0.1) is 53.4 Å². The Morgan fingerprint density at radius 3 is 2.23 bits per heavy atom. The Hall–Kier alpha value is -6.77. The average Bonchev–Trinajstić information content (AvgIpc) is 3.26. The number of methoxy groups -OCH3 is 1. The number of benzene rings is 4. The monoisotopic (exact) mass is 855 g/mol. The number of aromatic hydroxyl groups is 2. The number of fused-ring (bicyclic) bond motifs is 3. The quantitative estimate of drug-likeness (QED) is 0.0654. The first-order valence-corrected chi connectivity index (χ1v) is 19.2. The number of hydrogen-bond donors (Lipinski definition) is 7. The Morgan fingerprint density at radius 2 is 1.58 bits per heavy atom. The van der Waals surface area contributed by atoms with E-state index in [1.807, 2.05) is 0 Å². The number of phenolic OH excluding ortho intramolecular Hbond substituents is 2. The molecule has 324 valence electrons. The fraction of sp³-hybridized carbons (Fsp3) is 0.326. The molecule has 0 radical (unpaired) electrons. The smallest absolute Gasteiger partial charge is 0.407 e. The number of aliphatic hydroxyl groups excluding tert-OH is 2. The van der Waals surface area contributed by atoms with Crippen LogP contribution in [0.1, 0.15) is 74.4 Å². The summed E-state index contributed by atoms with van der Waals surface area (Å²) >= 11 is 0. The molecule has 7 rings (SSSR count). The number of nitrogens with zero attached hydrogens (tertiary/aromatic N) is 2. The van der Waals surface area contributed by atoms with Gasteiger partial charge in [0.15, 0.2) is 24.5 Å². The number of azo groups is 1. The largest absolute Gasteiger partial charge is 0.507 e. The summed E-state index contributed by atoms with van der Waals surface area (Å²) in [6, 6.07) is 16.2. The van der Waals surface area contributed by atoms with E-state index in [-0.39, 0.29) is 41.0 Å². The molecule has 3 aliphatic rings. The number of amides is 1. The van der Waals surface area contributed by atoms with E-state index >= 15 is 0 Å². The molecule has 7 N–H and O–H groups in total. The van der Waals surface area contributed by atoms with Crippen LogP contribution >= 0.6 is 0 Å². The van der Waals surface area contributed by atoms with Crippen LogP contribution < -0.4 is 14.8 Å². The molecular weight excluding hydrogens is 814 g/mol. The number of carboxylic acid groups (broad SMARTS) is 1. The first kappa shape index (κ1) is 43.3. The number of carboxylic acids is 1. The van der Waals surface area contributed by atoms with Crippen molar-refractivity contribution in [3.63, 3.8) is 0 Å². The van der Waals surface area contributed by atoms with E-state index in [9.17, 15) is 49.5 Å². The number of rotatable bonds is 13. The molecule has 19 nitrogen and oxygen atoms in total. The predicted octanol–water partition coefficient (Wildman–Crippen LogP) is 3.85. The Labute approximate surface area is 352 Å². The van der Waals surface area contributed by atoms with Crippen molar-refractivity contribution in [1.82, 2.24) is 5.32 Å². The lowest BCUT2D eigenvalue weighted by molar-refractivity contribution is -0.249. The van der Waals surface area contributed by atoms with E-state index in [0.717, 1.165) is 0 Å². The zero-order valence-electron chi connectivity index (χ0n) is 33.1. The van der Waals surface area contributed by atoms with Crippen molar-refractivity contribution in [2.75, 3.05) is 20.3 Å². The number of ether oxygens (including phenoxy) is 5. The molecule has 0 saturated carbocycles. The maximum Gasteiger partial charge on any atom is 0.407 e. The van der Waals surface area contributed by atoms with Crippen molar-refractivity contribution in [3.05, 3.63) is 106 Å². The number of phenols is 2. The number of carbonyl (C=O) groups excluding carboxylic acids is 4. The molecular formula is C43H41N3O16. The topological polar surface area (TPSA) is 290 Å². The minimum atomic E-state index is -2.37. The van der Waals surface area contributed by atoms with Crippen LogP contribution in [0.2, 0.25) is 0 Å². The maximum atomic E-state index is 14.0. The minimum Gasteiger partial charge on any atom is -0.507 e. The minimum absolute atomic E-state index is 0.0456. The molecule has 4 unspecified atom stereocenters. The van der Waals surface area contributed by atoms with Gasteiger partial charge in [-0.25, -0.2) is 9.59 Å². The van der Waals surface area contributed by atoms with Gasteiger partial charge in [-0.2, -0.15) is 10.2 Å².